The van der Waals surface area contributed by atoms with Gasteiger partial charge < -0.3 is 10.4 Å². The number of nitrogens with zero attached hydrogens (tertiary/aromatic N) is 4. The van der Waals surface area contributed by atoms with Crippen molar-refractivity contribution < 1.29 is 9.18 Å². The molecule has 0 fully saturated rings. The van der Waals surface area contributed by atoms with Crippen molar-refractivity contribution in [1.29, 1.82) is 0 Å². The highest BCUT2D eigenvalue weighted by molar-refractivity contribution is 5.96. The van der Waals surface area contributed by atoms with Crippen LogP contribution in [0.5, 0.6) is 0 Å². The van der Waals surface area contributed by atoms with Crippen molar-refractivity contribution in [2.24, 2.45) is 0 Å². The molecule has 3 rings (SSSR count). The lowest BCUT2D eigenvalue weighted by molar-refractivity contribution is -0.117. The molecule has 2 aromatic carbocycles. The van der Waals surface area contributed by atoms with Gasteiger partial charge in [-0.1, -0.05) is 24.3 Å². The number of hydrogen-bond donors (Lipinski definition) is 1. The number of carbonyl (C=O) groups is 1. The van der Waals surface area contributed by atoms with Gasteiger partial charge in [-0.25, -0.2) is 4.39 Å². The Morgan fingerprint density at radius 3 is 2.64 bits per heavy atom. The minimum Gasteiger partial charge on any atom is -0.335 e. The first-order chi connectivity index (χ1) is 12.0. The highest BCUT2D eigenvalue weighted by Gasteiger charge is 2.21. The zero-order chi connectivity index (χ0) is 17.8. The molecule has 1 N–H and O–H groups in total. The highest BCUT2D eigenvalue weighted by Crippen LogP contribution is 2.22. The summed E-state index contributed by atoms with van der Waals surface area (Å²) in [6, 6.07) is 11.8. The standard InChI is InChI=1S/C18H18FN5O/c1-11-3-4-12(2)16(9-11)20-18(25)15(17-21-23-24-22-17)10-13-5-7-14(19)8-6-13/h3-9,15H,10H2,1-2H3,(H2,20,21,22,23,24,25)/p-1/t15-/m1/s1. The van der Waals surface area contributed by atoms with Gasteiger partial charge in [-0.15, -0.1) is 0 Å². The van der Waals surface area contributed by atoms with Gasteiger partial charge in [-0.2, -0.15) is 5.21 Å². The molecule has 128 valence electrons. The van der Waals surface area contributed by atoms with E-state index >= 15 is 0 Å². The minimum atomic E-state index is -0.666. The molecule has 0 saturated carbocycles. The van der Waals surface area contributed by atoms with Crippen molar-refractivity contribution in [3.63, 3.8) is 0 Å². The van der Waals surface area contributed by atoms with E-state index < -0.39 is 5.92 Å². The summed E-state index contributed by atoms with van der Waals surface area (Å²) < 4.78 is 13.1. The third-order valence-corrected chi connectivity index (χ3v) is 3.97. The number of halogens is 1. The summed E-state index contributed by atoms with van der Waals surface area (Å²) in [5, 5.41) is 17.5. The van der Waals surface area contributed by atoms with E-state index in [1.807, 2.05) is 32.0 Å². The quantitative estimate of drug-likeness (QED) is 0.773. The van der Waals surface area contributed by atoms with E-state index in [1.165, 1.54) is 12.1 Å². The molecule has 0 saturated heterocycles. The second-order valence-electron chi connectivity index (χ2n) is 5.93. The SMILES string of the molecule is Cc1ccc(C)c(NC(=O)[C@H](Cc2ccc(F)cc2)c2nnn[n-]2)c1. The second kappa shape index (κ2) is 7.21. The maximum Gasteiger partial charge on any atom is 0.232 e. The molecule has 1 atom stereocenters. The van der Waals surface area contributed by atoms with Gasteiger partial charge in [0.1, 0.15) is 5.82 Å². The largest absolute Gasteiger partial charge is 0.335 e. The van der Waals surface area contributed by atoms with Crippen LogP contribution in [0.1, 0.15) is 28.4 Å². The Labute approximate surface area is 144 Å². The van der Waals surface area contributed by atoms with E-state index in [4.69, 9.17) is 0 Å². The van der Waals surface area contributed by atoms with Crippen molar-refractivity contribution in [2.45, 2.75) is 26.2 Å². The molecule has 1 amide bonds. The van der Waals surface area contributed by atoms with Gasteiger partial charge in [0.25, 0.3) is 0 Å². The van der Waals surface area contributed by atoms with Crippen LogP contribution in [0.3, 0.4) is 0 Å². The number of hydrogen-bond acceptors (Lipinski definition) is 4. The number of benzene rings is 2. The van der Waals surface area contributed by atoms with Crippen molar-refractivity contribution in [2.75, 3.05) is 5.32 Å². The third kappa shape index (κ3) is 4.06. The molecule has 0 spiro atoms. The minimum absolute atomic E-state index is 0.243. The molecule has 6 nitrogen and oxygen atoms in total. The second-order valence-corrected chi connectivity index (χ2v) is 5.93. The molecule has 0 unspecified atom stereocenters. The molecule has 1 aromatic heterocycles. The molecule has 0 aliphatic rings. The van der Waals surface area contributed by atoms with Crippen LogP contribution >= 0.6 is 0 Å². The van der Waals surface area contributed by atoms with Gasteiger partial charge in [-0.05, 0) is 55.2 Å². The Bertz CT molecular complexity index is 862. The predicted octanol–water partition coefficient (Wildman–Crippen LogP) is 2.55. The van der Waals surface area contributed by atoms with E-state index in [0.717, 1.165) is 22.4 Å². The topological polar surface area (TPSA) is 81.9 Å². The molecule has 3 aromatic rings. The molecule has 0 bridgehead atoms. The Morgan fingerprint density at radius 2 is 1.96 bits per heavy atom. The Kier molecular flexibility index (Phi) is 4.83. The lowest BCUT2D eigenvalue weighted by atomic mass is 9.97. The first kappa shape index (κ1) is 16.8. The summed E-state index contributed by atoms with van der Waals surface area (Å²) in [6.45, 7) is 3.88. The van der Waals surface area contributed by atoms with Crippen LogP contribution in [0.15, 0.2) is 42.5 Å². The first-order valence-electron chi connectivity index (χ1n) is 7.84. The monoisotopic (exact) mass is 338 g/mol. The van der Waals surface area contributed by atoms with Crippen molar-refractivity contribution in [3.05, 3.63) is 70.8 Å². The first-order valence-corrected chi connectivity index (χ1v) is 7.84. The number of aryl methyl sites for hydroxylation is 2. The fourth-order valence-corrected chi connectivity index (χ4v) is 2.54. The van der Waals surface area contributed by atoms with Gasteiger partial charge in [-0.3, -0.25) is 15.1 Å². The number of aromatic nitrogens is 4. The zero-order valence-corrected chi connectivity index (χ0v) is 13.9. The van der Waals surface area contributed by atoms with Gasteiger partial charge in [0.05, 0.1) is 5.92 Å². The normalized spacial score (nSPS) is 12.0. The summed E-state index contributed by atoms with van der Waals surface area (Å²) in [7, 11) is 0. The fraction of sp³-hybridized carbons (Fsp3) is 0.222. The Hall–Kier alpha value is -3.09. The van der Waals surface area contributed by atoms with E-state index in [1.54, 1.807) is 12.1 Å². The molecular formula is C18H17FN5O-. The van der Waals surface area contributed by atoms with Crippen LogP contribution < -0.4 is 10.4 Å². The van der Waals surface area contributed by atoms with Crippen molar-refractivity contribution in [1.82, 2.24) is 20.6 Å². The van der Waals surface area contributed by atoms with Crippen LogP contribution in [0.2, 0.25) is 0 Å². The molecule has 7 heteroatoms. The average molecular weight is 338 g/mol. The zero-order valence-electron chi connectivity index (χ0n) is 13.9. The van der Waals surface area contributed by atoms with Crippen LogP contribution in [-0.2, 0) is 11.2 Å². The van der Waals surface area contributed by atoms with Crippen LogP contribution in [-0.4, -0.2) is 21.4 Å². The lowest BCUT2D eigenvalue weighted by Crippen LogP contribution is -2.25. The van der Waals surface area contributed by atoms with E-state index in [-0.39, 0.29) is 17.5 Å². The van der Waals surface area contributed by atoms with Crippen molar-refractivity contribution in [3.8, 4) is 0 Å². The molecular weight excluding hydrogens is 321 g/mol. The lowest BCUT2D eigenvalue weighted by Gasteiger charge is -2.18. The number of amides is 1. The van der Waals surface area contributed by atoms with Gasteiger partial charge in [0, 0.05) is 11.5 Å². The van der Waals surface area contributed by atoms with Gasteiger partial charge >= 0.3 is 0 Å². The maximum atomic E-state index is 13.1. The summed E-state index contributed by atoms with van der Waals surface area (Å²) in [4.78, 5) is 12.8. The summed E-state index contributed by atoms with van der Waals surface area (Å²) in [6.07, 6.45) is 0.324. The fourth-order valence-electron chi connectivity index (χ4n) is 2.54. The molecule has 25 heavy (non-hydrogen) atoms. The maximum absolute atomic E-state index is 13.1. The predicted molar refractivity (Wildman–Crippen MR) is 90.5 cm³/mol. The summed E-state index contributed by atoms with van der Waals surface area (Å²) in [5.41, 5.74) is 3.54. The van der Waals surface area contributed by atoms with E-state index in [0.29, 0.717) is 6.42 Å². The van der Waals surface area contributed by atoms with Crippen LogP contribution in [0.4, 0.5) is 10.1 Å². The highest BCUT2D eigenvalue weighted by atomic mass is 19.1. The van der Waals surface area contributed by atoms with E-state index in [2.05, 4.69) is 25.9 Å². The average Bonchev–Trinajstić information content (AvgIpc) is 3.11. The molecule has 0 aliphatic carbocycles. The summed E-state index contributed by atoms with van der Waals surface area (Å²) in [5.74, 6) is -1.01. The number of anilines is 1. The molecule has 0 aliphatic heterocycles. The Morgan fingerprint density at radius 1 is 1.20 bits per heavy atom. The smallest absolute Gasteiger partial charge is 0.232 e. The third-order valence-electron chi connectivity index (χ3n) is 3.97. The molecule has 0 radical (unpaired) electrons. The van der Waals surface area contributed by atoms with E-state index in [9.17, 15) is 9.18 Å². The number of carbonyl (C=O) groups excluding carboxylic acids is 1. The Balaban J connectivity index is 1.85. The van der Waals surface area contributed by atoms with Crippen LogP contribution in [0.25, 0.3) is 0 Å². The molecule has 1 heterocycles. The summed E-state index contributed by atoms with van der Waals surface area (Å²) >= 11 is 0. The number of tetrazole rings is 1. The van der Waals surface area contributed by atoms with Gasteiger partial charge in [0.15, 0.2) is 0 Å². The van der Waals surface area contributed by atoms with Gasteiger partial charge in [0.2, 0.25) is 5.91 Å². The van der Waals surface area contributed by atoms with Crippen molar-refractivity contribution >= 4 is 11.6 Å². The number of nitrogens with one attached hydrogen (secondary N) is 1. The van der Waals surface area contributed by atoms with Crippen LogP contribution in [0, 0.1) is 19.7 Å². The number of rotatable bonds is 5.